The minimum Gasteiger partial charge on any atom is -0.436 e. The molecule has 96 valence electrons. The van der Waals surface area contributed by atoms with Crippen molar-refractivity contribution in [1.29, 1.82) is 0 Å². The Morgan fingerprint density at radius 1 is 1.21 bits per heavy atom. The van der Waals surface area contributed by atoms with Gasteiger partial charge in [0.2, 0.25) is 5.89 Å². The van der Waals surface area contributed by atoms with Crippen LogP contribution in [0, 0.1) is 3.57 Å². The predicted molar refractivity (Wildman–Crippen MR) is 89.8 cm³/mol. The average molecular weight is 448 g/mol. The summed E-state index contributed by atoms with van der Waals surface area (Å²) >= 11 is 11.9. The average Bonchev–Trinajstić information content (AvgIpc) is 2.83. The highest BCUT2D eigenvalue weighted by Gasteiger charge is 2.12. The van der Waals surface area contributed by atoms with Crippen molar-refractivity contribution < 1.29 is 4.42 Å². The zero-order valence-corrected chi connectivity index (χ0v) is 14.2. The SMILES string of the molecule is Clc1ccc(I)cc1-c1nc2cc(CBr)ccc2o1. The first-order valence-corrected chi connectivity index (χ1v) is 8.16. The number of nitrogens with zero attached hydrogens (tertiary/aromatic N) is 1. The molecule has 5 heteroatoms. The minimum absolute atomic E-state index is 0.560. The molecule has 0 saturated heterocycles. The maximum Gasteiger partial charge on any atom is 0.228 e. The normalized spacial score (nSPS) is 11.1. The molecule has 1 heterocycles. The topological polar surface area (TPSA) is 26.0 Å². The molecule has 1 aromatic heterocycles. The van der Waals surface area contributed by atoms with Crippen molar-refractivity contribution in [3.05, 3.63) is 50.6 Å². The molecular weight excluding hydrogens is 440 g/mol. The van der Waals surface area contributed by atoms with Crippen molar-refractivity contribution in [2.24, 2.45) is 0 Å². The number of halogens is 3. The Hall–Kier alpha value is -0.590. The molecule has 0 saturated carbocycles. The molecule has 0 amide bonds. The molecule has 19 heavy (non-hydrogen) atoms. The van der Waals surface area contributed by atoms with Crippen molar-refractivity contribution in [3.63, 3.8) is 0 Å². The number of fused-ring (bicyclic) bond motifs is 1. The van der Waals surface area contributed by atoms with Gasteiger partial charge in [0.25, 0.3) is 0 Å². The summed E-state index contributed by atoms with van der Waals surface area (Å²) in [6.07, 6.45) is 0. The second-order valence-electron chi connectivity index (χ2n) is 4.08. The lowest BCUT2D eigenvalue weighted by Gasteiger charge is -1.99. The smallest absolute Gasteiger partial charge is 0.228 e. The molecule has 0 bridgehead atoms. The third-order valence-corrected chi connectivity index (χ3v) is 4.41. The lowest BCUT2D eigenvalue weighted by atomic mass is 10.2. The Morgan fingerprint density at radius 3 is 2.84 bits per heavy atom. The van der Waals surface area contributed by atoms with Crippen LogP contribution < -0.4 is 0 Å². The first-order chi connectivity index (χ1) is 9.17. The summed E-state index contributed by atoms with van der Waals surface area (Å²) in [5.74, 6) is 0.560. The van der Waals surface area contributed by atoms with Crippen LogP contribution in [0.1, 0.15) is 5.56 Å². The number of rotatable bonds is 2. The molecule has 0 radical (unpaired) electrons. The fourth-order valence-electron chi connectivity index (χ4n) is 1.83. The summed E-state index contributed by atoms with van der Waals surface area (Å²) in [5, 5.41) is 1.45. The van der Waals surface area contributed by atoms with Crippen LogP contribution >= 0.6 is 50.1 Å². The monoisotopic (exact) mass is 447 g/mol. The molecule has 0 spiro atoms. The molecule has 3 rings (SSSR count). The van der Waals surface area contributed by atoms with Gasteiger partial charge in [-0.15, -0.1) is 0 Å². The Balaban J connectivity index is 2.17. The molecule has 0 aliphatic heterocycles. The van der Waals surface area contributed by atoms with Crippen LogP contribution in [0.3, 0.4) is 0 Å². The Morgan fingerprint density at radius 2 is 2.05 bits per heavy atom. The van der Waals surface area contributed by atoms with Crippen LogP contribution in [0.15, 0.2) is 40.8 Å². The number of benzene rings is 2. The summed E-state index contributed by atoms with van der Waals surface area (Å²) < 4.78 is 6.87. The Labute approximate surface area is 137 Å². The van der Waals surface area contributed by atoms with E-state index in [1.807, 2.05) is 36.4 Å². The van der Waals surface area contributed by atoms with Crippen molar-refractivity contribution in [1.82, 2.24) is 4.98 Å². The third-order valence-electron chi connectivity index (χ3n) is 2.77. The zero-order valence-electron chi connectivity index (χ0n) is 9.66. The van der Waals surface area contributed by atoms with Gasteiger partial charge in [0.1, 0.15) is 5.52 Å². The van der Waals surface area contributed by atoms with Gasteiger partial charge < -0.3 is 4.42 Å². The van der Waals surface area contributed by atoms with Gasteiger partial charge in [0.05, 0.1) is 10.6 Å². The van der Waals surface area contributed by atoms with Crippen molar-refractivity contribution in [3.8, 4) is 11.5 Å². The van der Waals surface area contributed by atoms with Crippen molar-refractivity contribution in [2.45, 2.75) is 5.33 Å². The van der Waals surface area contributed by atoms with Gasteiger partial charge in [-0.1, -0.05) is 33.6 Å². The molecule has 2 aromatic carbocycles. The number of hydrogen-bond donors (Lipinski definition) is 0. The summed E-state index contributed by atoms with van der Waals surface area (Å²) in [4.78, 5) is 4.52. The molecule has 0 N–H and O–H groups in total. The zero-order chi connectivity index (χ0) is 13.4. The molecule has 2 nitrogen and oxygen atoms in total. The first-order valence-electron chi connectivity index (χ1n) is 5.58. The van der Waals surface area contributed by atoms with Crippen LogP contribution in [0.4, 0.5) is 0 Å². The molecule has 0 aliphatic rings. The summed E-state index contributed by atoms with van der Waals surface area (Å²) in [5.41, 5.74) is 3.61. The molecule has 0 unspecified atom stereocenters. The predicted octanol–water partition coefficient (Wildman–Crippen LogP) is 5.65. The largest absolute Gasteiger partial charge is 0.436 e. The maximum absolute atomic E-state index is 6.21. The molecule has 0 fully saturated rings. The summed E-state index contributed by atoms with van der Waals surface area (Å²) in [6.45, 7) is 0. The fourth-order valence-corrected chi connectivity index (χ4v) is 2.87. The molecule has 0 aliphatic carbocycles. The van der Waals surface area contributed by atoms with Gasteiger partial charge in [-0.05, 0) is 58.5 Å². The number of hydrogen-bond acceptors (Lipinski definition) is 2. The van der Waals surface area contributed by atoms with Gasteiger partial charge in [-0.3, -0.25) is 0 Å². The van der Waals surface area contributed by atoms with E-state index in [0.29, 0.717) is 10.9 Å². The van der Waals surface area contributed by atoms with E-state index >= 15 is 0 Å². The van der Waals surface area contributed by atoms with E-state index in [-0.39, 0.29) is 0 Å². The molecular formula is C14H8BrClINO. The van der Waals surface area contributed by atoms with E-state index < -0.39 is 0 Å². The number of alkyl halides is 1. The lowest BCUT2D eigenvalue weighted by Crippen LogP contribution is -1.81. The highest BCUT2D eigenvalue weighted by atomic mass is 127. The fraction of sp³-hybridized carbons (Fsp3) is 0.0714. The highest BCUT2D eigenvalue weighted by molar-refractivity contribution is 14.1. The maximum atomic E-state index is 6.21. The number of oxazole rings is 1. The van der Waals surface area contributed by atoms with E-state index in [1.54, 1.807) is 0 Å². The van der Waals surface area contributed by atoms with Crippen molar-refractivity contribution >= 4 is 61.2 Å². The summed E-state index contributed by atoms with van der Waals surface area (Å²) in [6, 6.07) is 11.7. The first kappa shape index (κ1) is 13.4. The minimum atomic E-state index is 0.560. The standard InChI is InChI=1S/C14H8BrClINO/c15-7-8-1-4-13-12(5-8)18-14(19-13)10-6-9(17)2-3-11(10)16/h1-6H,7H2. The van der Waals surface area contributed by atoms with Gasteiger partial charge in [0.15, 0.2) is 5.58 Å². The van der Waals surface area contributed by atoms with Gasteiger partial charge in [-0.25, -0.2) is 4.98 Å². The molecule has 3 aromatic rings. The Bertz CT molecular complexity index is 756. The van der Waals surface area contributed by atoms with Crippen LogP contribution in [0.5, 0.6) is 0 Å². The van der Waals surface area contributed by atoms with E-state index in [4.69, 9.17) is 16.0 Å². The van der Waals surface area contributed by atoms with Crippen molar-refractivity contribution in [2.75, 3.05) is 0 Å². The van der Waals surface area contributed by atoms with Gasteiger partial charge in [-0.2, -0.15) is 0 Å². The lowest BCUT2D eigenvalue weighted by molar-refractivity contribution is 0.620. The molecule has 0 atom stereocenters. The second kappa shape index (κ2) is 5.42. The van der Waals surface area contributed by atoms with Crippen LogP contribution in [-0.4, -0.2) is 4.98 Å². The van der Waals surface area contributed by atoms with E-state index in [2.05, 4.69) is 43.5 Å². The van der Waals surface area contributed by atoms with E-state index in [9.17, 15) is 0 Å². The Kier molecular flexibility index (Phi) is 3.82. The van der Waals surface area contributed by atoms with Crippen LogP contribution in [0.2, 0.25) is 5.02 Å². The van der Waals surface area contributed by atoms with Crippen LogP contribution in [0.25, 0.3) is 22.6 Å². The summed E-state index contributed by atoms with van der Waals surface area (Å²) in [7, 11) is 0. The van der Waals surface area contributed by atoms with Crippen LogP contribution in [-0.2, 0) is 5.33 Å². The quantitative estimate of drug-likeness (QED) is 0.374. The van der Waals surface area contributed by atoms with Gasteiger partial charge >= 0.3 is 0 Å². The number of aromatic nitrogens is 1. The van der Waals surface area contributed by atoms with E-state index in [1.165, 1.54) is 5.56 Å². The van der Waals surface area contributed by atoms with Gasteiger partial charge in [0, 0.05) is 8.90 Å². The van der Waals surface area contributed by atoms with E-state index in [0.717, 1.165) is 25.6 Å². The highest BCUT2D eigenvalue weighted by Crippen LogP contribution is 2.31. The second-order valence-corrected chi connectivity index (χ2v) is 6.29. The third kappa shape index (κ3) is 2.66.